The predicted octanol–water partition coefficient (Wildman–Crippen LogP) is 4.50. The van der Waals surface area contributed by atoms with Gasteiger partial charge in [-0.05, 0) is 48.9 Å². The van der Waals surface area contributed by atoms with Crippen molar-refractivity contribution in [2.45, 2.75) is 13.0 Å². The molecule has 0 radical (unpaired) electrons. The number of rotatable bonds is 6. The zero-order chi connectivity index (χ0) is 24.2. The van der Waals surface area contributed by atoms with Crippen LogP contribution in [0.2, 0.25) is 0 Å². The molecule has 3 aromatic rings. The van der Waals surface area contributed by atoms with Crippen LogP contribution in [0.4, 0.5) is 5.69 Å². The first kappa shape index (κ1) is 22.8. The number of Topliss-reactive ketones (excluding diaryl/α,β-unsaturated/α-hetero) is 1. The molecule has 1 heterocycles. The molecular weight excluding hydrogens is 434 g/mol. The molecule has 0 aliphatic carbocycles. The van der Waals surface area contributed by atoms with Crippen molar-refractivity contribution in [3.05, 3.63) is 101 Å². The number of aliphatic hydroxyl groups is 1. The lowest BCUT2D eigenvalue weighted by atomic mass is 9.95. The van der Waals surface area contributed by atoms with Crippen LogP contribution in [0, 0.1) is 0 Å². The minimum atomic E-state index is -0.875. The Labute approximate surface area is 196 Å². The van der Waals surface area contributed by atoms with Crippen molar-refractivity contribution in [3.8, 4) is 5.75 Å². The fourth-order valence-corrected chi connectivity index (χ4v) is 3.92. The molecule has 1 aliphatic rings. The Morgan fingerprint density at radius 1 is 0.912 bits per heavy atom. The first-order valence-electron chi connectivity index (χ1n) is 10.7. The average molecular weight is 457 g/mol. The normalized spacial score (nSPS) is 17.0. The molecule has 1 fully saturated rings. The fourth-order valence-electron chi connectivity index (χ4n) is 3.92. The number of carbonyl (C=O) groups is 3. The summed E-state index contributed by atoms with van der Waals surface area (Å²) in [4.78, 5) is 39.7. The van der Waals surface area contributed by atoms with Gasteiger partial charge in [-0.2, -0.15) is 0 Å². The highest BCUT2D eigenvalue weighted by Crippen LogP contribution is 2.42. The summed E-state index contributed by atoms with van der Waals surface area (Å²) in [5.41, 5.74) is 1.76. The second kappa shape index (κ2) is 9.62. The summed E-state index contributed by atoms with van der Waals surface area (Å²) in [7, 11) is 1.54. The van der Waals surface area contributed by atoms with E-state index in [1.54, 1.807) is 80.8 Å². The Morgan fingerprint density at radius 3 is 2.15 bits per heavy atom. The molecule has 1 amide bonds. The van der Waals surface area contributed by atoms with Crippen LogP contribution >= 0.6 is 0 Å². The second-order valence-electron chi connectivity index (χ2n) is 7.58. The highest BCUT2D eigenvalue weighted by Gasteiger charge is 2.47. The summed E-state index contributed by atoms with van der Waals surface area (Å²) in [6.07, 6.45) is 0. The molecule has 0 bridgehead atoms. The third kappa shape index (κ3) is 4.15. The smallest absolute Gasteiger partial charge is 0.338 e. The van der Waals surface area contributed by atoms with E-state index < -0.39 is 23.7 Å². The summed E-state index contributed by atoms with van der Waals surface area (Å²) in [5.74, 6) is -1.70. The summed E-state index contributed by atoms with van der Waals surface area (Å²) < 4.78 is 10.2. The van der Waals surface area contributed by atoms with Gasteiger partial charge in [0, 0.05) is 11.3 Å². The number of hydrogen-bond donors (Lipinski definition) is 1. The van der Waals surface area contributed by atoms with E-state index in [1.165, 1.54) is 17.0 Å². The van der Waals surface area contributed by atoms with Gasteiger partial charge in [0.1, 0.15) is 11.5 Å². The van der Waals surface area contributed by atoms with E-state index in [1.807, 2.05) is 0 Å². The minimum Gasteiger partial charge on any atom is -0.507 e. The zero-order valence-corrected chi connectivity index (χ0v) is 18.7. The SMILES string of the molecule is CCOC(=O)c1ccc(N2C(=O)C(=O)C(=C(O)c3ccccc3)C2c2ccc(OC)cc2)cc1. The first-order valence-corrected chi connectivity index (χ1v) is 10.7. The topological polar surface area (TPSA) is 93.1 Å². The van der Waals surface area contributed by atoms with Gasteiger partial charge in [0.05, 0.1) is 30.9 Å². The number of nitrogens with zero attached hydrogens (tertiary/aromatic N) is 1. The molecule has 7 nitrogen and oxygen atoms in total. The van der Waals surface area contributed by atoms with E-state index in [0.29, 0.717) is 28.1 Å². The predicted molar refractivity (Wildman–Crippen MR) is 127 cm³/mol. The summed E-state index contributed by atoms with van der Waals surface area (Å²) in [5, 5.41) is 11.1. The van der Waals surface area contributed by atoms with Gasteiger partial charge in [-0.3, -0.25) is 14.5 Å². The molecule has 1 unspecified atom stereocenters. The number of methoxy groups -OCH3 is 1. The van der Waals surface area contributed by atoms with Crippen LogP contribution in [0.1, 0.15) is 34.5 Å². The number of aliphatic hydroxyl groups excluding tert-OH is 1. The van der Waals surface area contributed by atoms with E-state index in [9.17, 15) is 19.5 Å². The largest absolute Gasteiger partial charge is 0.507 e. The Bertz CT molecular complexity index is 1250. The molecule has 4 rings (SSSR count). The minimum absolute atomic E-state index is 0.0177. The number of amides is 1. The summed E-state index contributed by atoms with van der Waals surface area (Å²) >= 11 is 0. The molecule has 34 heavy (non-hydrogen) atoms. The quantitative estimate of drug-likeness (QED) is 0.254. The molecule has 0 saturated carbocycles. The fraction of sp³-hybridized carbons (Fsp3) is 0.148. The summed E-state index contributed by atoms with van der Waals surface area (Å²) in [6.45, 7) is 1.96. The molecule has 172 valence electrons. The highest BCUT2D eigenvalue weighted by molar-refractivity contribution is 6.51. The Morgan fingerprint density at radius 2 is 1.56 bits per heavy atom. The molecule has 0 aromatic heterocycles. The number of ketones is 1. The molecule has 1 saturated heterocycles. The first-order chi connectivity index (χ1) is 16.5. The molecule has 7 heteroatoms. The molecule has 1 aliphatic heterocycles. The van der Waals surface area contributed by atoms with Crippen molar-refractivity contribution in [2.24, 2.45) is 0 Å². The van der Waals surface area contributed by atoms with Gasteiger partial charge >= 0.3 is 5.97 Å². The third-order valence-electron chi connectivity index (χ3n) is 5.58. The van der Waals surface area contributed by atoms with Crippen molar-refractivity contribution < 1.29 is 29.0 Å². The summed E-state index contributed by atoms with van der Waals surface area (Å²) in [6, 6.07) is 20.9. The Kier molecular flexibility index (Phi) is 6.45. The van der Waals surface area contributed by atoms with Crippen LogP contribution in [-0.2, 0) is 14.3 Å². The van der Waals surface area contributed by atoms with Crippen LogP contribution in [-0.4, -0.2) is 36.5 Å². The number of benzene rings is 3. The zero-order valence-electron chi connectivity index (χ0n) is 18.7. The van der Waals surface area contributed by atoms with Gasteiger partial charge < -0.3 is 14.6 Å². The maximum Gasteiger partial charge on any atom is 0.338 e. The van der Waals surface area contributed by atoms with Crippen molar-refractivity contribution in [1.82, 2.24) is 0 Å². The maximum absolute atomic E-state index is 13.2. The number of carbonyl (C=O) groups excluding carboxylic acids is 3. The Hall–Kier alpha value is -4.39. The lowest BCUT2D eigenvalue weighted by Gasteiger charge is -2.25. The van der Waals surface area contributed by atoms with Crippen LogP contribution in [0.5, 0.6) is 5.75 Å². The molecule has 1 N–H and O–H groups in total. The third-order valence-corrected chi connectivity index (χ3v) is 5.58. The molecule has 0 spiro atoms. The van der Waals surface area contributed by atoms with Gasteiger partial charge in [0.15, 0.2) is 0 Å². The van der Waals surface area contributed by atoms with Gasteiger partial charge in [-0.1, -0.05) is 42.5 Å². The average Bonchev–Trinajstić information content (AvgIpc) is 3.14. The number of ether oxygens (including phenoxy) is 2. The van der Waals surface area contributed by atoms with Gasteiger partial charge in [-0.25, -0.2) is 4.79 Å². The van der Waals surface area contributed by atoms with Crippen molar-refractivity contribution in [1.29, 1.82) is 0 Å². The number of anilines is 1. The monoisotopic (exact) mass is 457 g/mol. The lowest BCUT2D eigenvalue weighted by molar-refractivity contribution is -0.132. The number of hydrogen-bond acceptors (Lipinski definition) is 6. The van der Waals surface area contributed by atoms with Gasteiger partial charge in [0.25, 0.3) is 11.7 Å². The van der Waals surface area contributed by atoms with Crippen molar-refractivity contribution in [2.75, 3.05) is 18.6 Å². The highest BCUT2D eigenvalue weighted by atomic mass is 16.5. The van der Waals surface area contributed by atoms with Gasteiger partial charge in [0.2, 0.25) is 0 Å². The van der Waals surface area contributed by atoms with Crippen LogP contribution < -0.4 is 9.64 Å². The Balaban J connectivity index is 1.85. The molecule has 1 atom stereocenters. The molecular formula is C27H23NO6. The van der Waals surface area contributed by atoms with Crippen molar-refractivity contribution >= 4 is 29.1 Å². The standard InChI is InChI=1S/C27H23NO6/c1-3-34-27(32)19-9-13-20(14-10-19)28-23(17-11-15-21(33-2)16-12-17)22(25(30)26(28)31)24(29)18-7-5-4-6-8-18/h4-16,23,29H,3H2,1-2H3. The molecule has 3 aromatic carbocycles. The van der Waals surface area contributed by atoms with Crippen LogP contribution in [0.15, 0.2) is 84.4 Å². The van der Waals surface area contributed by atoms with Crippen LogP contribution in [0.3, 0.4) is 0 Å². The second-order valence-corrected chi connectivity index (χ2v) is 7.58. The number of esters is 1. The van der Waals surface area contributed by atoms with E-state index in [0.717, 1.165) is 0 Å². The maximum atomic E-state index is 13.2. The van der Waals surface area contributed by atoms with Crippen LogP contribution in [0.25, 0.3) is 5.76 Å². The van der Waals surface area contributed by atoms with E-state index in [-0.39, 0.29) is 17.9 Å². The van der Waals surface area contributed by atoms with E-state index >= 15 is 0 Å². The van der Waals surface area contributed by atoms with E-state index in [4.69, 9.17) is 9.47 Å². The lowest BCUT2D eigenvalue weighted by Crippen LogP contribution is -2.29. The van der Waals surface area contributed by atoms with Crippen molar-refractivity contribution in [3.63, 3.8) is 0 Å². The van der Waals surface area contributed by atoms with E-state index in [2.05, 4.69) is 0 Å². The van der Waals surface area contributed by atoms with Gasteiger partial charge in [-0.15, -0.1) is 0 Å².